The van der Waals surface area contributed by atoms with Crippen molar-refractivity contribution in [1.29, 1.82) is 0 Å². The molecule has 0 amide bonds. The molecule has 0 unspecified atom stereocenters. The summed E-state index contributed by atoms with van der Waals surface area (Å²) < 4.78 is 46.1. The predicted molar refractivity (Wildman–Crippen MR) is 98.5 cm³/mol. The van der Waals surface area contributed by atoms with Gasteiger partial charge >= 0.3 is 7.12 Å². The van der Waals surface area contributed by atoms with Crippen molar-refractivity contribution in [3.63, 3.8) is 0 Å². The molecule has 0 saturated heterocycles. The van der Waals surface area contributed by atoms with Crippen LogP contribution >= 0.6 is 0 Å². The largest absolute Gasteiger partial charge is 0.494 e. The molecule has 0 spiro atoms. The zero-order valence-electron chi connectivity index (χ0n) is 14.1. The van der Waals surface area contributed by atoms with E-state index in [1.165, 1.54) is 49.7 Å². The van der Waals surface area contributed by atoms with Crippen molar-refractivity contribution >= 4 is 34.7 Å². The second kappa shape index (κ2) is 7.47. The lowest BCUT2D eigenvalue weighted by atomic mass is 9.80. The average molecular weight is 391 g/mol. The van der Waals surface area contributed by atoms with E-state index in [-0.39, 0.29) is 28.6 Å². The highest BCUT2D eigenvalue weighted by Crippen LogP contribution is 2.24. The fraction of sp³-hybridized carbons (Fsp3) is 0.125. The van der Waals surface area contributed by atoms with Crippen LogP contribution in [0.1, 0.15) is 11.1 Å². The molecule has 0 bridgehead atoms. The van der Waals surface area contributed by atoms with Crippen molar-refractivity contribution in [2.75, 3.05) is 13.8 Å². The highest BCUT2D eigenvalue weighted by molar-refractivity contribution is 7.90. The number of aliphatic imine (C=N–C) groups is 1. The first-order valence-corrected chi connectivity index (χ1v) is 9.18. The van der Waals surface area contributed by atoms with Gasteiger partial charge in [-0.3, -0.25) is 4.99 Å². The van der Waals surface area contributed by atoms with Gasteiger partial charge in [-0.1, -0.05) is 18.2 Å². The lowest BCUT2D eigenvalue weighted by Gasteiger charge is -2.05. The van der Waals surface area contributed by atoms with Crippen LogP contribution < -0.4 is 15.5 Å². The molecule has 0 fully saturated rings. The number of nitrogens with one attached hydrogen (secondary N) is 1. The summed E-state index contributed by atoms with van der Waals surface area (Å²) >= 11 is 0. The van der Waals surface area contributed by atoms with E-state index in [0.717, 1.165) is 0 Å². The van der Waals surface area contributed by atoms with Crippen LogP contribution in [0.5, 0.6) is 5.75 Å². The first-order valence-electron chi connectivity index (χ1n) is 7.74. The molecule has 3 N–H and O–H groups in total. The Morgan fingerprint density at radius 2 is 2.07 bits per heavy atom. The Balaban J connectivity index is 1.73. The normalized spacial score (nSPS) is 14.7. The minimum absolute atomic E-state index is 0.0257. The number of nitrogens with zero attached hydrogens (tertiary/aromatic N) is 2. The minimum atomic E-state index is -3.92. The first kappa shape index (κ1) is 19.0. The van der Waals surface area contributed by atoms with Crippen molar-refractivity contribution in [3.8, 4) is 5.75 Å². The Morgan fingerprint density at radius 3 is 2.78 bits per heavy atom. The maximum Gasteiger partial charge on any atom is 0.488 e. The van der Waals surface area contributed by atoms with Gasteiger partial charge in [0.1, 0.15) is 12.5 Å². The summed E-state index contributed by atoms with van der Waals surface area (Å²) in [5.41, 5.74) is 0.980. The van der Waals surface area contributed by atoms with Crippen molar-refractivity contribution in [3.05, 3.63) is 53.3 Å². The third kappa shape index (κ3) is 4.00. The van der Waals surface area contributed by atoms with E-state index in [2.05, 4.69) is 14.7 Å². The summed E-state index contributed by atoms with van der Waals surface area (Å²) in [6, 6.07) is 8.26. The highest BCUT2D eigenvalue weighted by Gasteiger charge is 2.30. The second-order valence-electron chi connectivity index (χ2n) is 5.58. The highest BCUT2D eigenvalue weighted by atomic mass is 32.2. The summed E-state index contributed by atoms with van der Waals surface area (Å²) in [7, 11) is -4.34. The molecule has 2 aromatic carbocycles. The van der Waals surface area contributed by atoms with Crippen molar-refractivity contribution in [1.82, 2.24) is 5.32 Å². The Kier molecular flexibility index (Phi) is 5.26. The van der Waals surface area contributed by atoms with Gasteiger partial charge in [0, 0.05) is 11.8 Å². The van der Waals surface area contributed by atoms with E-state index in [9.17, 15) is 22.9 Å². The summed E-state index contributed by atoms with van der Waals surface area (Å²) in [5.74, 6) is -0.283. The minimum Gasteiger partial charge on any atom is -0.494 e. The van der Waals surface area contributed by atoms with E-state index in [1.54, 1.807) is 0 Å². The number of methoxy groups -OCH3 is 1. The maximum atomic E-state index is 13.4. The maximum absolute atomic E-state index is 13.4. The Bertz CT molecular complexity index is 1040. The van der Waals surface area contributed by atoms with Gasteiger partial charge in [-0.2, -0.15) is 8.42 Å². The zero-order valence-corrected chi connectivity index (χ0v) is 14.9. The van der Waals surface area contributed by atoms with Gasteiger partial charge in [-0.15, -0.1) is 4.40 Å². The first-order chi connectivity index (χ1) is 12.8. The number of rotatable bonds is 5. The molecular formula is C16H15BFN3O5S. The Hall–Kier alpha value is -2.76. The van der Waals surface area contributed by atoms with E-state index in [4.69, 9.17) is 4.74 Å². The van der Waals surface area contributed by atoms with Crippen molar-refractivity contribution in [2.45, 2.75) is 4.90 Å². The molecule has 0 radical (unpaired) electrons. The molecule has 27 heavy (non-hydrogen) atoms. The molecule has 0 aromatic heterocycles. The molecule has 140 valence electrons. The molecule has 2 aromatic rings. The summed E-state index contributed by atoms with van der Waals surface area (Å²) in [5, 5.41) is 21.2. The molecule has 11 heteroatoms. The molecule has 3 rings (SSSR count). The topological polar surface area (TPSA) is 121 Å². The smallest absolute Gasteiger partial charge is 0.488 e. The molecule has 0 aliphatic carbocycles. The number of fused-ring (bicyclic) bond motifs is 1. The Labute approximate surface area is 155 Å². The number of benzene rings is 2. The molecule has 1 aliphatic rings. The Morgan fingerprint density at radius 1 is 1.30 bits per heavy atom. The van der Waals surface area contributed by atoms with Gasteiger partial charge in [0.15, 0.2) is 11.6 Å². The van der Waals surface area contributed by atoms with Crippen molar-refractivity contribution in [2.24, 2.45) is 9.39 Å². The number of hydrogen-bond acceptors (Lipinski definition) is 7. The van der Waals surface area contributed by atoms with E-state index >= 15 is 0 Å². The average Bonchev–Trinajstić information content (AvgIpc) is 2.90. The van der Waals surface area contributed by atoms with Crippen LogP contribution in [0.15, 0.2) is 50.7 Å². The molecule has 1 aliphatic heterocycles. The van der Waals surface area contributed by atoms with Gasteiger partial charge in [0.05, 0.1) is 12.0 Å². The van der Waals surface area contributed by atoms with E-state index < -0.39 is 23.0 Å². The summed E-state index contributed by atoms with van der Waals surface area (Å²) in [4.78, 5) is 4.00. The van der Waals surface area contributed by atoms with Crippen LogP contribution in [0.25, 0.3) is 0 Å². The standard InChI is InChI=1S/C16H15BFN3O5S/c1-26-14-6-10(2-5-13(14)18)8-19-9-20-16-12-4-3-11(17(22)23)7-15(12)27(24,25)21-16/h2-8,22-23H,9H2,1H3,(H,20,21)/b19-8+. The summed E-state index contributed by atoms with van der Waals surface area (Å²) in [6.07, 6.45) is 1.48. The number of amidine groups is 1. The van der Waals surface area contributed by atoms with Crippen molar-refractivity contribution < 1.29 is 27.6 Å². The lowest BCUT2D eigenvalue weighted by molar-refractivity contribution is 0.386. The SMILES string of the molecule is COc1cc(/C=N/CNC2=NS(=O)(=O)c3cc(B(O)O)ccc32)ccc1F. The molecule has 0 saturated carbocycles. The summed E-state index contributed by atoms with van der Waals surface area (Å²) in [6.45, 7) is 0.0257. The molecular weight excluding hydrogens is 376 g/mol. The molecule has 1 heterocycles. The third-order valence-electron chi connectivity index (χ3n) is 3.80. The van der Waals surface area contributed by atoms with Crippen LogP contribution in [-0.4, -0.2) is 51.4 Å². The molecule has 0 atom stereocenters. The fourth-order valence-corrected chi connectivity index (χ4v) is 3.71. The van der Waals surface area contributed by atoms with Crippen LogP contribution in [0, 0.1) is 5.82 Å². The van der Waals surface area contributed by atoms with Gasteiger partial charge in [0.25, 0.3) is 10.0 Å². The third-order valence-corrected chi connectivity index (χ3v) is 5.12. The van der Waals surface area contributed by atoms with E-state index in [0.29, 0.717) is 11.1 Å². The number of sulfonamides is 1. The van der Waals surface area contributed by atoms with Crippen LogP contribution in [0.3, 0.4) is 0 Å². The monoisotopic (exact) mass is 391 g/mol. The number of ether oxygens (including phenoxy) is 1. The molecule has 8 nitrogen and oxygen atoms in total. The van der Waals surface area contributed by atoms with Gasteiger partial charge in [-0.05, 0) is 29.2 Å². The van der Waals surface area contributed by atoms with Crippen LogP contribution in [-0.2, 0) is 10.0 Å². The predicted octanol–water partition coefficient (Wildman–Crippen LogP) is -0.371. The fourth-order valence-electron chi connectivity index (χ4n) is 2.48. The van der Waals surface area contributed by atoms with E-state index in [1.807, 2.05) is 0 Å². The van der Waals surface area contributed by atoms with Crippen LogP contribution in [0.4, 0.5) is 4.39 Å². The van der Waals surface area contributed by atoms with Gasteiger partial charge in [0.2, 0.25) is 0 Å². The van der Waals surface area contributed by atoms with Gasteiger partial charge in [-0.25, -0.2) is 4.39 Å². The van der Waals surface area contributed by atoms with Gasteiger partial charge < -0.3 is 20.1 Å². The lowest BCUT2D eigenvalue weighted by Crippen LogP contribution is -2.31. The zero-order chi connectivity index (χ0) is 19.6. The van der Waals surface area contributed by atoms with Crippen LogP contribution in [0.2, 0.25) is 0 Å². The number of hydrogen-bond donors (Lipinski definition) is 3. The number of halogens is 1. The second-order valence-corrected chi connectivity index (χ2v) is 7.16. The quantitative estimate of drug-likeness (QED) is 0.473.